The van der Waals surface area contributed by atoms with Crippen molar-refractivity contribution in [3.63, 3.8) is 0 Å². The lowest BCUT2D eigenvalue weighted by Crippen LogP contribution is -2.49. The van der Waals surface area contributed by atoms with Crippen LogP contribution in [0.5, 0.6) is 0 Å². The second kappa shape index (κ2) is 13.6. The molecule has 17 heteroatoms. The number of nitrogens with zero attached hydrogens (tertiary/aromatic N) is 5. The molecule has 0 unspecified atom stereocenters. The van der Waals surface area contributed by atoms with Crippen molar-refractivity contribution >= 4 is 47.8 Å². The van der Waals surface area contributed by atoms with Crippen molar-refractivity contribution in [2.24, 2.45) is 15.5 Å². The van der Waals surface area contributed by atoms with Gasteiger partial charge in [-0.05, 0) is 60.1 Å². The summed E-state index contributed by atoms with van der Waals surface area (Å²) in [5.74, 6) is -1.95. The first-order valence-electron chi connectivity index (χ1n) is 14.9. The lowest BCUT2D eigenvalue weighted by molar-refractivity contribution is -0.164. The van der Waals surface area contributed by atoms with E-state index in [0.29, 0.717) is 16.1 Å². The first-order valence-corrected chi connectivity index (χ1v) is 15.2. The van der Waals surface area contributed by atoms with Gasteiger partial charge in [-0.25, -0.2) is 18.6 Å². The minimum Gasteiger partial charge on any atom is -0.447 e. The largest absolute Gasteiger partial charge is 0.447 e. The number of carbonyl (C=O) groups excluding carboxylic acids is 2. The van der Waals surface area contributed by atoms with Crippen LogP contribution in [0.15, 0.2) is 52.6 Å². The Morgan fingerprint density at radius 2 is 1.86 bits per heavy atom. The Balaban J connectivity index is 1.82. The fourth-order valence-corrected chi connectivity index (χ4v) is 5.93. The number of guanidine groups is 1. The molecule has 49 heavy (non-hydrogen) atoms. The van der Waals surface area contributed by atoms with Crippen LogP contribution in [0.2, 0.25) is 5.02 Å². The molecule has 11 nitrogen and oxygen atoms in total. The van der Waals surface area contributed by atoms with Crippen molar-refractivity contribution < 1.29 is 36.3 Å². The molecule has 2 aliphatic rings. The van der Waals surface area contributed by atoms with Gasteiger partial charge in [-0.1, -0.05) is 50.6 Å². The van der Waals surface area contributed by atoms with Crippen LogP contribution in [0, 0.1) is 22.2 Å². The number of hydrogen-bond donors (Lipinski definition) is 3. The number of hydrazone groups is 1. The normalized spacial score (nSPS) is 19.6. The standard InChI is InChI=1S/C32H34ClF5N8O3/c1-29(2,3)17-31(20-9-6-18(15-39)7-10-20)26(47)45(27(40)43-31)23(16-49-28(48)44-30(12-13-30)32(36,37)38)19-8-11-21(33)22(14-19)46(42-5)25(41-4)24(34)35/h6-11,14,23-24H,5,12-13,16-17H2,1-4H3,(H2,40,43)(H,44,48)/b41-25-/t23-,31-/m1/s1. The third-order valence-corrected chi connectivity index (χ3v) is 8.46. The maximum Gasteiger partial charge on any atom is 0.411 e. The minimum absolute atomic E-state index is 0.0863. The molecule has 0 aromatic heterocycles. The average molecular weight is 709 g/mol. The first kappa shape index (κ1) is 37.0. The maximum atomic E-state index is 14.7. The van der Waals surface area contributed by atoms with E-state index in [9.17, 15) is 36.8 Å². The molecule has 1 heterocycles. The van der Waals surface area contributed by atoms with Crippen LogP contribution in [0.1, 0.15) is 62.8 Å². The van der Waals surface area contributed by atoms with Crippen LogP contribution in [-0.4, -0.2) is 67.2 Å². The Bertz CT molecular complexity index is 1700. The molecule has 0 radical (unpaired) electrons. The molecule has 2 aromatic carbocycles. The quantitative estimate of drug-likeness (QED) is 0.111. The molecule has 1 aliphatic carbocycles. The number of amidine groups is 1. The molecule has 2 amide bonds. The number of nitrogens with one attached hydrogen (secondary N) is 3. The second-order valence-corrected chi connectivity index (χ2v) is 13.3. The van der Waals surface area contributed by atoms with E-state index in [2.05, 4.69) is 22.1 Å². The van der Waals surface area contributed by atoms with Gasteiger partial charge in [0.1, 0.15) is 17.7 Å². The van der Waals surface area contributed by atoms with E-state index in [-0.39, 0.29) is 35.5 Å². The van der Waals surface area contributed by atoms with Gasteiger partial charge in [0.15, 0.2) is 11.8 Å². The molecule has 0 spiro atoms. The van der Waals surface area contributed by atoms with Gasteiger partial charge in [0.25, 0.3) is 12.3 Å². The Morgan fingerprint density at radius 1 is 1.22 bits per heavy atom. The summed E-state index contributed by atoms with van der Waals surface area (Å²) in [6.45, 7) is 8.18. The minimum atomic E-state index is -4.73. The number of aliphatic imine (C=N–C) groups is 1. The monoisotopic (exact) mass is 708 g/mol. The van der Waals surface area contributed by atoms with Gasteiger partial charge in [0.05, 0.1) is 28.4 Å². The van der Waals surface area contributed by atoms with Crippen molar-refractivity contribution in [1.29, 1.82) is 10.7 Å². The molecular weight excluding hydrogens is 675 g/mol. The lowest BCUT2D eigenvalue weighted by Gasteiger charge is -2.35. The van der Waals surface area contributed by atoms with Gasteiger partial charge in [-0.2, -0.15) is 23.5 Å². The smallest absolute Gasteiger partial charge is 0.411 e. The summed E-state index contributed by atoms with van der Waals surface area (Å²) >= 11 is 6.38. The van der Waals surface area contributed by atoms with Crippen molar-refractivity contribution in [3.8, 4) is 6.07 Å². The van der Waals surface area contributed by atoms with Crippen LogP contribution >= 0.6 is 11.6 Å². The summed E-state index contributed by atoms with van der Waals surface area (Å²) in [7, 11) is 1.11. The molecule has 4 rings (SSSR count). The summed E-state index contributed by atoms with van der Waals surface area (Å²) in [4.78, 5) is 32.0. The average Bonchev–Trinajstić information content (AvgIpc) is 3.77. The molecule has 1 saturated heterocycles. The van der Waals surface area contributed by atoms with Gasteiger partial charge >= 0.3 is 12.3 Å². The Labute approximate surface area is 284 Å². The molecule has 2 atom stereocenters. The molecular formula is C32H34ClF5N8O3. The third kappa shape index (κ3) is 7.46. The molecule has 0 bridgehead atoms. The lowest BCUT2D eigenvalue weighted by atomic mass is 9.75. The van der Waals surface area contributed by atoms with Crippen LogP contribution in [0.4, 0.5) is 32.4 Å². The highest BCUT2D eigenvalue weighted by atomic mass is 35.5. The maximum absolute atomic E-state index is 14.7. The fraction of sp³-hybridized carbons (Fsp3) is 0.438. The van der Waals surface area contributed by atoms with Gasteiger partial charge in [-0.3, -0.25) is 20.1 Å². The topological polar surface area (TPSA) is 146 Å². The number of alkyl carbamates (subject to hydrolysis) is 1. The molecule has 3 N–H and O–H groups in total. The summed E-state index contributed by atoms with van der Waals surface area (Å²) in [5.41, 5.74) is -3.86. The number of rotatable bonds is 10. The van der Waals surface area contributed by atoms with Crippen LogP contribution in [-0.2, 0) is 15.1 Å². The number of carbonyl (C=O) groups is 2. The zero-order valence-electron chi connectivity index (χ0n) is 27.0. The molecule has 2 fully saturated rings. The van der Waals surface area contributed by atoms with E-state index in [1.54, 1.807) is 12.1 Å². The molecule has 2 aromatic rings. The Morgan fingerprint density at radius 3 is 2.35 bits per heavy atom. The van der Waals surface area contributed by atoms with Crippen molar-refractivity contribution in [2.45, 2.75) is 69.8 Å². The van der Waals surface area contributed by atoms with E-state index in [1.807, 2.05) is 32.2 Å². The third-order valence-electron chi connectivity index (χ3n) is 8.14. The highest BCUT2D eigenvalue weighted by Crippen LogP contribution is 2.49. The Kier molecular flexibility index (Phi) is 10.3. The predicted octanol–water partition coefficient (Wildman–Crippen LogP) is 6.49. The number of anilines is 1. The highest BCUT2D eigenvalue weighted by molar-refractivity contribution is 6.34. The number of hydrogen-bond acceptors (Lipinski definition) is 7. The van der Waals surface area contributed by atoms with E-state index in [0.717, 1.165) is 11.9 Å². The summed E-state index contributed by atoms with van der Waals surface area (Å²) in [6.07, 6.45) is -9.80. The van der Waals surface area contributed by atoms with E-state index in [1.165, 1.54) is 30.3 Å². The van der Waals surface area contributed by atoms with E-state index >= 15 is 0 Å². The van der Waals surface area contributed by atoms with Gasteiger partial charge in [0, 0.05) is 13.8 Å². The zero-order valence-corrected chi connectivity index (χ0v) is 27.7. The predicted molar refractivity (Wildman–Crippen MR) is 173 cm³/mol. The van der Waals surface area contributed by atoms with Gasteiger partial charge in [-0.15, -0.1) is 0 Å². The number of halogens is 6. The number of amides is 2. The molecule has 1 aliphatic heterocycles. The van der Waals surface area contributed by atoms with Crippen LogP contribution < -0.4 is 15.6 Å². The van der Waals surface area contributed by atoms with Crippen LogP contribution in [0.25, 0.3) is 0 Å². The summed E-state index contributed by atoms with van der Waals surface area (Å²) in [6, 6.07) is 10.7. The van der Waals surface area contributed by atoms with Crippen molar-refractivity contribution in [3.05, 3.63) is 64.2 Å². The fourth-order valence-electron chi connectivity index (χ4n) is 5.73. The van der Waals surface area contributed by atoms with Gasteiger partial charge in [0.2, 0.25) is 0 Å². The number of benzene rings is 2. The van der Waals surface area contributed by atoms with Crippen molar-refractivity contribution in [2.75, 3.05) is 18.7 Å². The Hall–Kier alpha value is -4.78. The second-order valence-electron chi connectivity index (χ2n) is 12.8. The molecule has 262 valence electrons. The summed E-state index contributed by atoms with van der Waals surface area (Å²) < 4.78 is 73.7. The van der Waals surface area contributed by atoms with Crippen LogP contribution in [0.3, 0.4) is 0 Å². The van der Waals surface area contributed by atoms with E-state index in [4.69, 9.17) is 21.7 Å². The van der Waals surface area contributed by atoms with Crippen molar-refractivity contribution in [1.82, 2.24) is 15.5 Å². The van der Waals surface area contributed by atoms with Gasteiger partial charge < -0.3 is 15.4 Å². The number of alkyl halides is 5. The zero-order chi connectivity index (χ0) is 36.5. The SMILES string of the molecule is C=NN(/C(=N\C)C(F)F)c1cc([C@@H](COC(=O)NC2(C(F)(F)F)CC2)N2C(=N)N[C@](CC(C)(C)C)(c3ccc(C#N)cc3)C2=O)ccc1Cl. The van der Waals surface area contributed by atoms with E-state index < -0.39 is 65.5 Å². The number of ether oxygens (including phenoxy) is 1. The number of nitriles is 1. The first-order chi connectivity index (χ1) is 22.8. The highest BCUT2D eigenvalue weighted by Gasteiger charge is 2.64. The summed E-state index contributed by atoms with van der Waals surface area (Å²) in [5, 5.41) is 27.3. The molecule has 1 saturated carbocycles.